The molecule has 2 aromatic rings. The average molecular weight is 308 g/mol. The van der Waals surface area contributed by atoms with Crippen molar-refractivity contribution in [1.29, 1.82) is 0 Å². The third-order valence-corrected chi connectivity index (χ3v) is 5.16. The lowest BCUT2D eigenvalue weighted by molar-refractivity contribution is 0.115. The maximum atomic E-state index is 13.2. The smallest absolute Gasteiger partial charge is 0.206 e. The van der Waals surface area contributed by atoms with Crippen LogP contribution in [0.3, 0.4) is 0 Å². The molecular weight excluding hydrogens is 295 g/mol. The van der Waals surface area contributed by atoms with E-state index >= 15 is 0 Å². The summed E-state index contributed by atoms with van der Waals surface area (Å²) in [5.41, 5.74) is 0.569. The van der Waals surface area contributed by atoms with Crippen LogP contribution in [0.4, 0.5) is 4.39 Å². The molecule has 1 aliphatic heterocycles. The van der Waals surface area contributed by atoms with Gasteiger partial charge in [-0.15, -0.1) is 0 Å². The molecule has 2 aromatic carbocycles. The molecule has 21 heavy (non-hydrogen) atoms. The van der Waals surface area contributed by atoms with Crippen molar-refractivity contribution in [2.75, 3.05) is 6.61 Å². The van der Waals surface area contributed by atoms with Gasteiger partial charge < -0.3 is 9.84 Å². The van der Waals surface area contributed by atoms with Gasteiger partial charge in [0.1, 0.15) is 11.6 Å². The Kier molecular flexibility index (Phi) is 3.43. The van der Waals surface area contributed by atoms with E-state index in [1.165, 1.54) is 36.4 Å². The Morgan fingerprint density at radius 3 is 2.67 bits per heavy atom. The second-order valence-corrected chi connectivity index (χ2v) is 6.76. The minimum atomic E-state index is -3.81. The number of halogens is 1. The molecule has 0 saturated heterocycles. The van der Waals surface area contributed by atoms with Crippen molar-refractivity contribution < 1.29 is 22.7 Å². The first kappa shape index (κ1) is 14.0. The second-order valence-electron chi connectivity index (χ2n) is 4.81. The summed E-state index contributed by atoms with van der Waals surface area (Å²) in [5.74, 6) is -0.257. The number of rotatable bonds is 2. The van der Waals surface area contributed by atoms with Crippen LogP contribution in [-0.4, -0.2) is 20.1 Å². The third kappa shape index (κ3) is 2.52. The molecule has 0 aromatic heterocycles. The average Bonchev–Trinajstić information content (AvgIpc) is 2.47. The molecule has 4 nitrogen and oxygen atoms in total. The molecule has 1 N–H and O–H groups in total. The number of benzene rings is 2. The van der Waals surface area contributed by atoms with Gasteiger partial charge in [-0.3, -0.25) is 0 Å². The Hall–Kier alpha value is -1.92. The normalized spacial score (nSPS) is 17.9. The van der Waals surface area contributed by atoms with Crippen molar-refractivity contribution >= 4 is 9.84 Å². The number of ether oxygens (including phenoxy) is 1. The van der Waals surface area contributed by atoms with Gasteiger partial charge in [-0.2, -0.15) is 0 Å². The predicted molar refractivity (Wildman–Crippen MR) is 73.4 cm³/mol. The van der Waals surface area contributed by atoms with Crippen molar-refractivity contribution in [2.24, 2.45) is 0 Å². The molecule has 1 atom stereocenters. The Morgan fingerprint density at radius 2 is 1.90 bits per heavy atom. The molecule has 6 heteroatoms. The Morgan fingerprint density at radius 1 is 1.14 bits per heavy atom. The third-order valence-electron chi connectivity index (χ3n) is 3.41. The molecule has 0 bridgehead atoms. The molecule has 0 spiro atoms. The molecule has 0 fully saturated rings. The summed E-state index contributed by atoms with van der Waals surface area (Å²) in [6.45, 7) is 0.331. The molecule has 1 unspecified atom stereocenters. The maximum absolute atomic E-state index is 13.2. The summed E-state index contributed by atoms with van der Waals surface area (Å²) >= 11 is 0. The molecule has 3 rings (SSSR count). The van der Waals surface area contributed by atoms with Gasteiger partial charge in [0.15, 0.2) is 0 Å². The molecule has 0 saturated carbocycles. The standard InChI is InChI=1S/C15H13FO4S/c16-10-2-1-3-11(8-10)21(18,19)12-4-5-13-14(17)6-7-20-15(13)9-12/h1-5,8-9,14,17H,6-7H2. The first-order chi connectivity index (χ1) is 9.98. The minimum Gasteiger partial charge on any atom is -0.493 e. The van der Waals surface area contributed by atoms with Crippen molar-refractivity contribution in [2.45, 2.75) is 22.3 Å². The molecule has 110 valence electrons. The predicted octanol–water partition coefficient (Wildman–Crippen LogP) is 2.47. The number of fused-ring (bicyclic) bond motifs is 1. The molecule has 0 radical (unpaired) electrons. The fourth-order valence-corrected chi connectivity index (χ4v) is 3.60. The lowest BCUT2D eigenvalue weighted by atomic mass is 10.0. The van der Waals surface area contributed by atoms with Crippen LogP contribution in [0.1, 0.15) is 18.1 Å². The highest BCUT2D eigenvalue weighted by Crippen LogP contribution is 2.35. The highest BCUT2D eigenvalue weighted by molar-refractivity contribution is 7.91. The van der Waals surface area contributed by atoms with Crippen LogP contribution in [0.5, 0.6) is 5.75 Å². The number of aliphatic hydroxyl groups excluding tert-OH is 1. The van der Waals surface area contributed by atoms with Crippen LogP contribution in [0, 0.1) is 5.82 Å². The maximum Gasteiger partial charge on any atom is 0.206 e. The van der Waals surface area contributed by atoms with Crippen LogP contribution in [0.25, 0.3) is 0 Å². The summed E-state index contributed by atoms with van der Waals surface area (Å²) < 4.78 is 43.5. The summed E-state index contributed by atoms with van der Waals surface area (Å²) in [4.78, 5) is -0.0974. The van der Waals surface area contributed by atoms with Gasteiger partial charge in [0.2, 0.25) is 9.84 Å². The quantitative estimate of drug-likeness (QED) is 0.925. The van der Waals surface area contributed by atoms with E-state index in [4.69, 9.17) is 4.74 Å². The van der Waals surface area contributed by atoms with E-state index in [0.29, 0.717) is 24.3 Å². The highest BCUT2D eigenvalue weighted by Gasteiger charge is 2.24. The van der Waals surface area contributed by atoms with Gasteiger partial charge in [0, 0.05) is 12.0 Å². The molecule has 1 aliphatic rings. The Balaban J connectivity index is 2.08. The van der Waals surface area contributed by atoms with Gasteiger partial charge in [-0.25, -0.2) is 12.8 Å². The minimum absolute atomic E-state index is 0.0148. The van der Waals surface area contributed by atoms with Crippen LogP contribution in [0.2, 0.25) is 0 Å². The number of hydrogen-bond donors (Lipinski definition) is 1. The zero-order valence-corrected chi connectivity index (χ0v) is 11.8. The summed E-state index contributed by atoms with van der Waals surface area (Å²) in [6.07, 6.45) is -0.178. The van der Waals surface area contributed by atoms with Gasteiger partial charge in [0.25, 0.3) is 0 Å². The second kappa shape index (κ2) is 5.13. The molecule has 1 heterocycles. The van der Waals surface area contributed by atoms with Gasteiger partial charge in [-0.1, -0.05) is 12.1 Å². The molecular formula is C15H13FO4S. The van der Waals surface area contributed by atoms with Crippen LogP contribution < -0.4 is 4.74 Å². The Bertz CT molecular complexity index is 786. The van der Waals surface area contributed by atoms with Crippen LogP contribution >= 0.6 is 0 Å². The topological polar surface area (TPSA) is 63.6 Å². The zero-order chi connectivity index (χ0) is 15.0. The molecule has 0 amide bonds. The Labute approximate surface area is 121 Å². The monoisotopic (exact) mass is 308 g/mol. The van der Waals surface area contributed by atoms with Crippen molar-refractivity contribution in [3.8, 4) is 5.75 Å². The van der Waals surface area contributed by atoms with Crippen LogP contribution in [-0.2, 0) is 9.84 Å². The van der Waals surface area contributed by atoms with E-state index < -0.39 is 21.8 Å². The highest BCUT2D eigenvalue weighted by atomic mass is 32.2. The van der Waals surface area contributed by atoms with Gasteiger partial charge >= 0.3 is 0 Å². The van der Waals surface area contributed by atoms with E-state index in [-0.39, 0.29) is 9.79 Å². The van der Waals surface area contributed by atoms with E-state index in [1.807, 2.05) is 0 Å². The van der Waals surface area contributed by atoms with Crippen molar-refractivity contribution in [1.82, 2.24) is 0 Å². The summed E-state index contributed by atoms with van der Waals surface area (Å²) in [5, 5.41) is 9.83. The van der Waals surface area contributed by atoms with Crippen LogP contribution in [0.15, 0.2) is 52.3 Å². The van der Waals surface area contributed by atoms with Gasteiger partial charge in [0.05, 0.1) is 22.5 Å². The lowest BCUT2D eigenvalue weighted by Gasteiger charge is -2.22. The van der Waals surface area contributed by atoms with E-state index in [9.17, 15) is 17.9 Å². The van der Waals surface area contributed by atoms with E-state index in [0.717, 1.165) is 6.07 Å². The molecule has 0 aliphatic carbocycles. The van der Waals surface area contributed by atoms with E-state index in [1.54, 1.807) is 0 Å². The lowest BCUT2D eigenvalue weighted by Crippen LogP contribution is -2.14. The SMILES string of the molecule is O=S(=O)(c1cccc(F)c1)c1ccc2c(c1)OCCC2O. The zero-order valence-electron chi connectivity index (χ0n) is 11.0. The first-order valence-corrected chi connectivity index (χ1v) is 7.92. The van der Waals surface area contributed by atoms with Crippen molar-refractivity contribution in [3.05, 3.63) is 53.8 Å². The first-order valence-electron chi connectivity index (χ1n) is 6.44. The summed E-state index contributed by atoms with van der Waals surface area (Å²) in [7, 11) is -3.81. The van der Waals surface area contributed by atoms with Crippen molar-refractivity contribution in [3.63, 3.8) is 0 Å². The van der Waals surface area contributed by atoms with Gasteiger partial charge in [-0.05, 0) is 30.3 Å². The largest absolute Gasteiger partial charge is 0.493 e. The number of sulfone groups is 1. The number of hydrogen-bond acceptors (Lipinski definition) is 4. The number of aliphatic hydroxyl groups is 1. The van der Waals surface area contributed by atoms with E-state index in [2.05, 4.69) is 0 Å². The fraction of sp³-hybridized carbons (Fsp3) is 0.200. The summed E-state index contributed by atoms with van der Waals surface area (Å²) in [6, 6.07) is 9.16. The fourth-order valence-electron chi connectivity index (χ4n) is 2.29.